The fraction of sp³-hybridized carbons (Fsp3) is 0.222. The lowest BCUT2D eigenvalue weighted by molar-refractivity contribution is -0.132. The number of hydrogen-bond acceptors (Lipinski definition) is 5. The van der Waals surface area contributed by atoms with Crippen LogP contribution in [0, 0.1) is 5.82 Å². The second-order valence-electron chi connectivity index (χ2n) is 3.15. The number of aliphatic hydroxyl groups is 2. The highest BCUT2D eigenvalue weighted by Crippen LogP contribution is 2.20. The number of carbonyl (C=O) groups excluding carboxylic acids is 1. The first-order valence-corrected chi connectivity index (χ1v) is 4.39. The van der Waals surface area contributed by atoms with Gasteiger partial charge in [-0.3, -0.25) is 9.78 Å². The van der Waals surface area contributed by atoms with E-state index in [0.29, 0.717) is 0 Å². The quantitative estimate of drug-likeness (QED) is 0.525. The van der Waals surface area contributed by atoms with E-state index in [9.17, 15) is 19.1 Å². The lowest BCUT2D eigenvalue weighted by Crippen LogP contribution is -2.34. The van der Waals surface area contributed by atoms with Crippen LogP contribution in [0.4, 0.5) is 4.39 Å². The maximum Gasteiger partial charge on any atom is 0.338 e. The number of primary amides is 1. The van der Waals surface area contributed by atoms with Crippen LogP contribution in [0.3, 0.4) is 0 Å². The number of nitrogens with zero attached hydrogens (tertiary/aromatic N) is 1. The summed E-state index contributed by atoms with van der Waals surface area (Å²) >= 11 is 0. The Bertz CT molecular complexity index is 465. The fourth-order valence-corrected chi connectivity index (χ4v) is 1.14. The number of nitrogens with two attached hydrogens (primary N) is 1. The topological polar surface area (TPSA) is 134 Å². The molecule has 0 radical (unpaired) electrons. The number of halogens is 1. The summed E-state index contributed by atoms with van der Waals surface area (Å²) in [7, 11) is 0. The van der Waals surface area contributed by atoms with Crippen LogP contribution in [-0.4, -0.2) is 38.3 Å². The standard InChI is InChI=1S/C9H9FN2O5/c10-4-3(9(16)17)1-2-12-5(4)6(13)7(14)8(11)15/h1-2,6-7,13-14H,(H2,11,15)(H,16,17). The smallest absolute Gasteiger partial charge is 0.338 e. The van der Waals surface area contributed by atoms with Crippen LogP contribution in [0.5, 0.6) is 0 Å². The number of aromatic nitrogens is 1. The molecule has 0 saturated carbocycles. The molecule has 0 saturated heterocycles. The van der Waals surface area contributed by atoms with Gasteiger partial charge in [0.2, 0.25) is 5.91 Å². The molecule has 8 heteroatoms. The molecule has 92 valence electrons. The lowest BCUT2D eigenvalue weighted by Gasteiger charge is -2.15. The van der Waals surface area contributed by atoms with Crippen molar-refractivity contribution in [2.45, 2.75) is 12.2 Å². The van der Waals surface area contributed by atoms with Gasteiger partial charge in [-0.25, -0.2) is 9.18 Å². The molecule has 0 aliphatic carbocycles. The van der Waals surface area contributed by atoms with E-state index in [1.54, 1.807) is 0 Å². The highest BCUT2D eigenvalue weighted by atomic mass is 19.1. The van der Waals surface area contributed by atoms with Crippen molar-refractivity contribution in [2.24, 2.45) is 5.73 Å². The highest BCUT2D eigenvalue weighted by molar-refractivity contribution is 5.88. The molecule has 17 heavy (non-hydrogen) atoms. The van der Waals surface area contributed by atoms with Gasteiger partial charge in [-0.1, -0.05) is 0 Å². The monoisotopic (exact) mass is 244 g/mol. The normalized spacial score (nSPS) is 14.1. The molecule has 0 fully saturated rings. The van der Waals surface area contributed by atoms with Crippen LogP contribution in [0.15, 0.2) is 12.3 Å². The Hall–Kier alpha value is -2.06. The Labute approximate surface area is 94.3 Å². The second-order valence-corrected chi connectivity index (χ2v) is 3.15. The van der Waals surface area contributed by atoms with Crippen LogP contribution in [0.1, 0.15) is 22.2 Å². The summed E-state index contributed by atoms with van der Waals surface area (Å²) in [6, 6.07) is 0.879. The average molecular weight is 244 g/mol. The first kappa shape index (κ1) is 13.0. The third-order valence-corrected chi connectivity index (χ3v) is 2.02. The van der Waals surface area contributed by atoms with Crippen LogP contribution >= 0.6 is 0 Å². The predicted octanol–water partition coefficient (Wildman–Crippen LogP) is -1.20. The van der Waals surface area contributed by atoms with Gasteiger partial charge in [-0.05, 0) is 6.07 Å². The molecule has 0 spiro atoms. The minimum atomic E-state index is -2.07. The van der Waals surface area contributed by atoms with Crippen LogP contribution in [0.2, 0.25) is 0 Å². The van der Waals surface area contributed by atoms with Gasteiger partial charge in [0.25, 0.3) is 0 Å². The predicted molar refractivity (Wildman–Crippen MR) is 51.3 cm³/mol. The molecule has 7 nitrogen and oxygen atoms in total. The lowest BCUT2D eigenvalue weighted by atomic mass is 10.1. The van der Waals surface area contributed by atoms with Crippen molar-refractivity contribution < 1.29 is 29.3 Å². The number of hydrogen-bond donors (Lipinski definition) is 4. The van der Waals surface area contributed by atoms with E-state index < -0.39 is 41.2 Å². The fourth-order valence-electron chi connectivity index (χ4n) is 1.14. The van der Waals surface area contributed by atoms with E-state index in [1.807, 2.05) is 0 Å². The molecule has 0 aromatic carbocycles. The summed E-state index contributed by atoms with van der Waals surface area (Å²) in [5.74, 6) is -4.17. The van der Waals surface area contributed by atoms with E-state index >= 15 is 0 Å². The van der Waals surface area contributed by atoms with Gasteiger partial charge in [-0.15, -0.1) is 0 Å². The number of carboxylic acids is 1. The van der Waals surface area contributed by atoms with E-state index in [0.717, 1.165) is 12.3 Å². The maximum atomic E-state index is 13.5. The number of aromatic carboxylic acids is 1. The number of amides is 1. The van der Waals surface area contributed by atoms with Gasteiger partial charge in [0.1, 0.15) is 11.8 Å². The molecule has 5 N–H and O–H groups in total. The molecular weight excluding hydrogens is 235 g/mol. The second kappa shape index (κ2) is 4.85. The molecule has 2 atom stereocenters. The third kappa shape index (κ3) is 2.55. The van der Waals surface area contributed by atoms with Gasteiger partial charge in [-0.2, -0.15) is 0 Å². The zero-order valence-corrected chi connectivity index (χ0v) is 8.37. The van der Waals surface area contributed by atoms with Crippen molar-refractivity contribution in [1.29, 1.82) is 0 Å². The van der Waals surface area contributed by atoms with E-state index in [1.165, 1.54) is 0 Å². The average Bonchev–Trinajstić information content (AvgIpc) is 2.26. The molecule has 1 aromatic heterocycles. The van der Waals surface area contributed by atoms with Gasteiger partial charge in [0.05, 0.1) is 5.56 Å². The molecule has 1 amide bonds. The van der Waals surface area contributed by atoms with Crippen LogP contribution in [0.25, 0.3) is 0 Å². The Kier molecular flexibility index (Phi) is 3.71. The third-order valence-electron chi connectivity index (χ3n) is 2.02. The van der Waals surface area contributed by atoms with Gasteiger partial charge < -0.3 is 21.1 Å². The molecule has 1 heterocycles. The zero-order valence-electron chi connectivity index (χ0n) is 8.37. The molecule has 0 aliphatic rings. The molecular formula is C9H9FN2O5. The molecule has 0 bridgehead atoms. The number of rotatable bonds is 4. The van der Waals surface area contributed by atoms with Gasteiger partial charge in [0, 0.05) is 6.20 Å². The summed E-state index contributed by atoms with van der Waals surface area (Å²) < 4.78 is 13.5. The molecule has 1 aromatic rings. The summed E-state index contributed by atoms with van der Waals surface area (Å²) in [5.41, 5.74) is 3.22. The Morgan fingerprint density at radius 2 is 2.00 bits per heavy atom. The van der Waals surface area contributed by atoms with Crippen molar-refractivity contribution in [3.8, 4) is 0 Å². The van der Waals surface area contributed by atoms with E-state index in [2.05, 4.69) is 4.98 Å². The van der Waals surface area contributed by atoms with Gasteiger partial charge >= 0.3 is 5.97 Å². The van der Waals surface area contributed by atoms with E-state index in [4.69, 9.17) is 15.9 Å². The Morgan fingerprint density at radius 1 is 1.41 bits per heavy atom. The van der Waals surface area contributed by atoms with Gasteiger partial charge in [0.15, 0.2) is 11.9 Å². The molecule has 2 unspecified atom stereocenters. The summed E-state index contributed by atoms with van der Waals surface area (Å²) in [6.07, 6.45) is -3.16. The number of carboxylic acid groups (broad SMARTS) is 1. The Balaban J connectivity index is 3.19. The Morgan fingerprint density at radius 3 is 2.47 bits per heavy atom. The maximum absolute atomic E-state index is 13.5. The summed E-state index contributed by atoms with van der Waals surface area (Å²) in [6.45, 7) is 0. The molecule has 1 rings (SSSR count). The van der Waals surface area contributed by atoms with Crippen molar-refractivity contribution in [3.05, 3.63) is 29.3 Å². The van der Waals surface area contributed by atoms with Crippen LogP contribution in [-0.2, 0) is 4.79 Å². The van der Waals surface area contributed by atoms with Crippen molar-refractivity contribution >= 4 is 11.9 Å². The van der Waals surface area contributed by atoms with Crippen LogP contribution < -0.4 is 5.73 Å². The minimum absolute atomic E-state index is 0.731. The largest absolute Gasteiger partial charge is 0.478 e. The first-order chi connectivity index (χ1) is 7.86. The number of pyridine rings is 1. The van der Waals surface area contributed by atoms with Crippen molar-refractivity contribution in [2.75, 3.05) is 0 Å². The number of aliphatic hydroxyl groups excluding tert-OH is 2. The van der Waals surface area contributed by atoms with E-state index in [-0.39, 0.29) is 0 Å². The minimum Gasteiger partial charge on any atom is -0.478 e. The van der Waals surface area contributed by atoms with Crippen molar-refractivity contribution in [3.63, 3.8) is 0 Å². The first-order valence-electron chi connectivity index (χ1n) is 4.39. The zero-order chi connectivity index (χ0) is 13.2. The summed E-state index contributed by atoms with van der Waals surface area (Å²) in [4.78, 5) is 24.6. The molecule has 0 aliphatic heterocycles. The highest BCUT2D eigenvalue weighted by Gasteiger charge is 2.29. The SMILES string of the molecule is NC(=O)C(O)C(O)c1nccc(C(=O)O)c1F. The van der Waals surface area contributed by atoms with Crippen molar-refractivity contribution in [1.82, 2.24) is 4.98 Å². The summed E-state index contributed by atoms with van der Waals surface area (Å²) in [5, 5.41) is 27.1. The number of carbonyl (C=O) groups is 2.